The zero-order chi connectivity index (χ0) is 10.1. The highest BCUT2D eigenvalue weighted by Gasteiger charge is 2.27. The van der Waals surface area contributed by atoms with Gasteiger partial charge in [-0.25, -0.2) is 8.78 Å². The van der Waals surface area contributed by atoms with E-state index in [9.17, 15) is 8.78 Å². The Bertz CT molecular complexity index is 401. The Morgan fingerprint density at radius 1 is 1.50 bits per heavy atom. The first kappa shape index (κ1) is 8.95. The van der Waals surface area contributed by atoms with Crippen molar-refractivity contribution >= 4 is 0 Å². The molecule has 0 fully saturated rings. The quantitative estimate of drug-likeness (QED) is 0.594. The van der Waals surface area contributed by atoms with Crippen molar-refractivity contribution in [3.8, 4) is 6.07 Å². The summed E-state index contributed by atoms with van der Waals surface area (Å²) in [5.74, 6) is -0.374. The Morgan fingerprint density at radius 2 is 2.29 bits per heavy atom. The van der Waals surface area contributed by atoms with Crippen molar-refractivity contribution in [2.24, 2.45) is 0 Å². The summed E-state index contributed by atoms with van der Waals surface area (Å²) in [7, 11) is 0. The number of rotatable bonds is 0. The maximum absolute atomic E-state index is 13.2. The van der Waals surface area contributed by atoms with E-state index < -0.39 is 12.0 Å². The Labute approximate surface area is 79.8 Å². The maximum atomic E-state index is 13.2. The minimum absolute atomic E-state index is 0.0746. The summed E-state index contributed by atoms with van der Waals surface area (Å²) in [6.45, 7) is 0.0746. The molecular weight excluding hydrogens is 188 g/mol. The Balaban J connectivity index is 2.41. The van der Waals surface area contributed by atoms with Crippen LogP contribution in [0.15, 0.2) is 34.9 Å². The summed E-state index contributed by atoms with van der Waals surface area (Å²) in [6.07, 6.45) is 0.979. The first-order valence-electron chi connectivity index (χ1n) is 4.18. The molecule has 2 rings (SSSR count). The summed E-state index contributed by atoms with van der Waals surface area (Å²) < 4.78 is 31.1. The SMILES string of the molecule is N#CC1=CC2=C(OC1)C(F)CC(F)=C2. The molecule has 14 heavy (non-hydrogen) atoms. The fourth-order valence-electron chi connectivity index (χ4n) is 1.48. The molecule has 0 amide bonds. The molecule has 0 aromatic carbocycles. The van der Waals surface area contributed by atoms with Crippen molar-refractivity contribution in [1.29, 1.82) is 5.26 Å². The van der Waals surface area contributed by atoms with Gasteiger partial charge in [-0.15, -0.1) is 0 Å². The Kier molecular flexibility index (Phi) is 2.08. The Morgan fingerprint density at radius 3 is 3.00 bits per heavy atom. The normalized spacial score (nSPS) is 25.6. The molecule has 0 aromatic rings. The van der Waals surface area contributed by atoms with E-state index in [1.54, 1.807) is 0 Å². The number of nitrogens with zero attached hydrogens (tertiary/aromatic N) is 1. The monoisotopic (exact) mass is 195 g/mol. The molecule has 0 saturated carbocycles. The van der Waals surface area contributed by atoms with Crippen molar-refractivity contribution in [2.75, 3.05) is 6.61 Å². The molecule has 0 saturated heterocycles. The molecule has 1 heterocycles. The van der Waals surface area contributed by atoms with Gasteiger partial charge in [-0.3, -0.25) is 0 Å². The molecule has 0 spiro atoms. The van der Waals surface area contributed by atoms with E-state index in [1.165, 1.54) is 12.2 Å². The van der Waals surface area contributed by atoms with E-state index in [4.69, 9.17) is 10.00 Å². The maximum Gasteiger partial charge on any atom is 0.164 e. The number of allylic oxidation sites excluding steroid dienone is 5. The zero-order valence-electron chi connectivity index (χ0n) is 7.26. The van der Waals surface area contributed by atoms with Gasteiger partial charge in [-0.1, -0.05) is 0 Å². The lowest BCUT2D eigenvalue weighted by atomic mass is 9.99. The minimum Gasteiger partial charge on any atom is -0.489 e. The molecule has 4 heteroatoms. The fourth-order valence-corrected chi connectivity index (χ4v) is 1.48. The topological polar surface area (TPSA) is 33.0 Å². The highest BCUT2D eigenvalue weighted by atomic mass is 19.1. The van der Waals surface area contributed by atoms with Gasteiger partial charge in [0.1, 0.15) is 18.2 Å². The summed E-state index contributed by atoms with van der Waals surface area (Å²) in [6, 6.07) is 1.89. The molecule has 72 valence electrons. The van der Waals surface area contributed by atoms with Crippen LogP contribution in [0.1, 0.15) is 6.42 Å². The van der Waals surface area contributed by atoms with Crippen LogP contribution in [0.4, 0.5) is 8.78 Å². The van der Waals surface area contributed by atoms with Crippen LogP contribution in [0.2, 0.25) is 0 Å². The number of alkyl halides is 1. The van der Waals surface area contributed by atoms with Gasteiger partial charge in [0, 0.05) is 12.0 Å². The number of hydrogen-bond acceptors (Lipinski definition) is 2. The summed E-state index contributed by atoms with van der Waals surface area (Å²) >= 11 is 0. The third kappa shape index (κ3) is 1.41. The van der Waals surface area contributed by atoms with Crippen molar-refractivity contribution in [3.05, 3.63) is 34.9 Å². The number of nitriles is 1. The molecule has 0 N–H and O–H groups in total. The van der Waals surface area contributed by atoms with E-state index in [-0.39, 0.29) is 18.8 Å². The lowest BCUT2D eigenvalue weighted by Gasteiger charge is -2.22. The second kappa shape index (κ2) is 3.26. The van der Waals surface area contributed by atoms with E-state index in [2.05, 4.69) is 0 Å². The van der Waals surface area contributed by atoms with Crippen LogP contribution in [0.5, 0.6) is 0 Å². The van der Waals surface area contributed by atoms with Crippen LogP contribution < -0.4 is 0 Å². The van der Waals surface area contributed by atoms with Gasteiger partial charge in [-0.2, -0.15) is 5.26 Å². The van der Waals surface area contributed by atoms with E-state index in [0.29, 0.717) is 11.1 Å². The molecule has 2 nitrogen and oxygen atoms in total. The first-order valence-corrected chi connectivity index (χ1v) is 4.18. The predicted molar refractivity (Wildman–Crippen MR) is 45.4 cm³/mol. The largest absolute Gasteiger partial charge is 0.489 e. The second-order valence-corrected chi connectivity index (χ2v) is 3.15. The van der Waals surface area contributed by atoms with E-state index >= 15 is 0 Å². The van der Waals surface area contributed by atoms with Crippen LogP contribution in [0.3, 0.4) is 0 Å². The highest BCUT2D eigenvalue weighted by molar-refractivity contribution is 5.46. The highest BCUT2D eigenvalue weighted by Crippen LogP contribution is 2.32. The minimum atomic E-state index is -1.42. The van der Waals surface area contributed by atoms with Crippen LogP contribution in [0, 0.1) is 11.3 Å². The lowest BCUT2D eigenvalue weighted by molar-refractivity contribution is 0.161. The lowest BCUT2D eigenvalue weighted by Crippen LogP contribution is -2.18. The summed E-state index contributed by atoms with van der Waals surface area (Å²) in [4.78, 5) is 0. The number of hydrogen-bond donors (Lipinski definition) is 0. The summed E-state index contributed by atoms with van der Waals surface area (Å²) in [5, 5.41) is 8.58. The molecule has 0 aromatic heterocycles. The van der Waals surface area contributed by atoms with Crippen molar-refractivity contribution in [2.45, 2.75) is 12.6 Å². The molecule has 1 atom stereocenters. The third-order valence-corrected chi connectivity index (χ3v) is 2.11. The second-order valence-electron chi connectivity index (χ2n) is 3.15. The van der Waals surface area contributed by atoms with Crippen LogP contribution >= 0.6 is 0 Å². The van der Waals surface area contributed by atoms with Gasteiger partial charge < -0.3 is 4.74 Å². The average molecular weight is 195 g/mol. The molecule has 1 aliphatic carbocycles. The van der Waals surface area contributed by atoms with Gasteiger partial charge in [-0.05, 0) is 12.2 Å². The molecule has 1 unspecified atom stereocenters. The number of halogens is 2. The average Bonchev–Trinajstić information content (AvgIpc) is 2.16. The molecule has 1 aliphatic heterocycles. The van der Waals surface area contributed by atoms with Gasteiger partial charge in [0.05, 0.1) is 11.6 Å². The van der Waals surface area contributed by atoms with Crippen LogP contribution in [0.25, 0.3) is 0 Å². The standard InChI is InChI=1S/C10H7F2NO/c11-8-2-7-1-6(4-13)5-14-10(7)9(12)3-8/h1-2,9H,3,5H2. The van der Waals surface area contributed by atoms with Crippen LogP contribution in [-0.2, 0) is 4.74 Å². The van der Waals surface area contributed by atoms with Gasteiger partial charge in [0.25, 0.3) is 0 Å². The first-order chi connectivity index (χ1) is 6.70. The fraction of sp³-hybridized carbons (Fsp3) is 0.300. The molecule has 2 aliphatic rings. The zero-order valence-corrected chi connectivity index (χ0v) is 7.26. The molecule has 0 radical (unpaired) electrons. The number of ether oxygens (including phenoxy) is 1. The van der Waals surface area contributed by atoms with Gasteiger partial charge in [0.2, 0.25) is 0 Å². The van der Waals surface area contributed by atoms with Gasteiger partial charge >= 0.3 is 0 Å². The van der Waals surface area contributed by atoms with E-state index in [0.717, 1.165) is 0 Å². The van der Waals surface area contributed by atoms with E-state index in [1.807, 2.05) is 6.07 Å². The van der Waals surface area contributed by atoms with Crippen LogP contribution in [-0.4, -0.2) is 12.8 Å². The van der Waals surface area contributed by atoms with Gasteiger partial charge in [0.15, 0.2) is 6.17 Å². The van der Waals surface area contributed by atoms with Crippen molar-refractivity contribution in [1.82, 2.24) is 0 Å². The molecule has 0 bridgehead atoms. The third-order valence-electron chi connectivity index (χ3n) is 2.11. The predicted octanol–water partition coefficient (Wildman–Crippen LogP) is 2.32. The smallest absolute Gasteiger partial charge is 0.164 e. The van der Waals surface area contributed by atoms with Crippen molar-refractivity contribution in [3.63, 3.8) is 0 Å². The Hall–Kier alpha value is -1.63. The summed E-state index contributed by atoms with van der Waals surface area (Å²) in [5.41, 5.74) is 0.714. The molecular formula is C10H7F2NO. The van der Waals surface area contributed by atoms with Crippen molar-refractivity contribution < 1.29 is 13.5 Å².